The Bertz CT molecular complexity index is 45.8. The van der Waals surface area contributed by atoms with Crippen molar-refractivity contribution in [1.29, 1.82) is 0 Å². The summed E-state index contributed by atoms with van der Waals surface area (Å²) in [4.78, 5) is 0. The summed E-state index contributed by atoms with van der Waals surface area (Å²) in [5.41, 5.74) is 0. The summed E-state index contributed by atoms with van der Waals surface area (Å²) in [6.45, 7) is 7.16. The van der Waals surface area contributed by atoms with Gasteiger partial charge in [0.05, 0.1) is 0 Å². The molecule has 51 valence electrons. The van der Waals surface area contributed by atoms with E-state index in [1.165, 1.54) is 12.8 Å². The molecule has 0 aliphatic rings. The van der Waals surface area contributed by atoms with Gasteiger partial charge in [-0.05, 0) is 0 Å². The summed E-state index contributed by atoms with van der Waals surface area (Å²) in [5.74, 6) is 0. The second-order valence-corrected chi connectivity index (χ2v) is 13.9. The van der Waals surface area contributed by atoms with Crippen molar-refractivity contribution >= 4 is 6.29 Å². The van der Waals surface area contributed by atoms with E-state index in [0.717, 1.165) is 0 Å². The summed E-state index contributed by atoms with van der Waals surface area (Å²) in [6.07, 6.45) is 3.09. The summed E-state index contributed by atoms with van der Waals surface area (Å²) < 4.78 is 1.58. The van der Waals surface area contributed by atoms with Gasteiger partial charge in [-0.1, -0.05) is 0 Å². The molecule has 0 aromatic carbocycles. The van der Waals surface area contributed by atoms with Crippen molar-refractivity contribution in [2.24, 2.45) is 0 Å². The molecular weight excluding hydrogens is 227 g/mol. The summed E-state index contributed by atoms with van der Waals surface area (Å²) in [6, 6.07) is 0. The van der Waals surface area contributed by atoms with E-state index < -0.39 is 0 Å². The van der Waals surface area contributed by atoms with Crippen molar-refractivity contribution in [3.63, 3.8) is 0 Å². The van der Waals surface area contributed by atoms with Gasteiger partial charge in [0.25, 0.3) is 0 Å². The summed E-state index contributed by atoms with van der Waals surface area (Å²) >= 11 is 0.661. The molecule has 0 atom stereocenters. The van der Waals surface area contributed by atoms with E-state index in [2.05, 4.69) is 20.0 Å². The molecule has 0 aromatic rings. The molecule has 0 N–H and O–H groups in total. The molecule has 0 nitrogen and oxygen atoms in total. The molecule has 0 aromatic heterocycles. The van der Waals surface area contributed by atoms with Crippen molar-refractivity contribution in [2.45, 2.75) is 32.9 Å². The topological polar surface area (TPSA) is 0 Å². The van der Waals surface area contributed by atoms with Gasteiger partial charge in [0.15, 0.2) is 0 Å². The Balaban J connectivity index is 2.72. The van der Waals surface area contributed by atoms with Gasteiger partial charge in [-0.25, -0.2) is 0 Å². The van der Waals surface area contributed by atoms with Crippen molar-refractivity contribution in [2.75, 3.05) is 4.43 Å². The second-order valence-electron chi connectivity index (χ2n) is 2.05. The fourth-order valence-electron chi connectivity index (χ4n) is 0.389. The molecule has 1 radical (unpaired) electrons. The first-order valence-electron chi connectivity index (χ1n) is 3.16. The normalized spacial score (nSPS) is 11.0. The zero-order valence-corrected chi connectivity index (χ0v) is 9.16. The number of rotatable bonds is 4. The Morgan fingerprint density at radius 3 is 2.38 bits per heavy atom. The van der Waals surface area contributed by atoms with Gasteiger partial charge in [-0.2, -0.15) is 0 Å². The Hall–Kier alpha value is 0.947. The van der Waals surface area contributed by atoms with Crippen LogP contribution in [0.25, 0.3) is 0 Å². The van der Waals surface area contributed by atoms with E-state index in [1.54, 1.807) is 4.43 Å². The van der Waals surface area contributed by atoms with Gasteiger partial charge in [0.2, 0.25) is 0 Å². The standard InChI is InChI=1S/C6H15ISi/c1-4-5-6-7-8(2)3/h4-6H2,1-3H3/q-1. The molecule has 0 rings (SSSR count). The SMILES string of the molecule is CCCC[I-][Si](C)C. The van der Waals surface area contributed by atoms with E-state index >= 15 is 0 Å². The summed E-state index contributed by atoms with van der Waals surface area (Å²) in [5, 5.41) is 0. The van der Waals surface area contributed by atoms with Crippen LogP contribution in [0.4, 0.5) is 0 Å². The molecule has 0 saturated heterocycles. The molecule has 0 unspecified atom stereocenters. The zero-order chi connectivity index (χ0) is 6.41. The molecule has 0 bridgehead atoms. The van der Waals surface area contributed by atoms with Gasteiger partial charge in [-0.15, -0.1) is 0 Å². The fourth-order valence-corrected chi connectivity index (χ4v) is 6.04. The predicted octanol–water partition coefficient (Wildman–Crippen LogP) is -0.873. The molecule has 0 aliphatic carbocycles. The van der Waals surface area contributed by atoms with Crippen LogP contribution in [0, 0.1) is 0 Å². The molecular formula is C6H15ISi-. The van der Waals surface area contributed by atoms with Crippen LogP contribution in [-0.4, -0.2) is 10.7 Å². The van der Waals surface area contributed by atoms with Crippen LogP contribution < -0.4 is 20.4 Å². The van der Waals surface area contributed by atoms with Gasteiger partial charge < -0.3 is 0 Å². The van der Waals surface area contributed by atoms with Crippen molar-refractivity contribution in [1.82, 2.24) is 0 Å². The molecule has 0 amide bonds. The molecule has 0 aliphatic heterocycles. The number of hydrogen-bond donors (Lipinski definition) is 0. The molecule has 0 saturated carbocycles. The first-order chi connectivity index (χ1) is 3.77. The zero-order valence-electron chi connectivity index (χ0n) is 6.00. The summed E-state index contributed by atoms with van der Waals surface area (Å²) in [7, 11) is 0. The van der Waals surface area contributed by atoms with Gasteiger partial charge in [-0.3, -0.25) is 0 Å². The second kappa shape index (κ2) is 6.07. The Labute approximate surface area is 64.0 Å². The predicted molar refractivity (Wildman–Crippen MR) is 37.3 cm³/mol. The Morgan fingerprint density at radius 1 is 1.38 bits per heavy atom. The third kappa shape index (κ3) is 6.95. The van der Waals surface area contributed by atoms with Crippen LogP contribution in [-0.2, 0) is 0 Å². The van der Waals surface area contributed by atoms with Crippen molar-refractivity contribution < 1.29 is 20.4 Å². The molecule has 0 fully saturated rings. The number of alkyl halides is 1. The first-order valence-corrected chi connectivity index (χ1v) is 10.3. The van der Waals surface area contributed by atoms with E-state index in [9.17, 15) is 0 Å². The minimum absolute atomic E-state index is 0.203. The van der Waals surface area contributed by atoms with Crippen molar-refractivity contribution in [3.8, 4) is 0 Å². The molecule has 0 spiro atoms. The van der Waals surface area contributed by atoms with Crippen LogP contribution >= 0.6 is 0 Å². The Morgan fingerprint density at radius 2 is 2.00 bits per heavy atom. The van der Waals surface area contributed by atoms with Crippen LogP contribution in [0.5, 0.6) is 0 Å². The van der Waals surface area contributed by atoms with Crippen LogP contribution in [0.1, 0.15) is 19.8 Å². The minimum atomic E-state index is 0.203. The number of halogens is 1. The fraction of sp³-hybridized carbons (Fsp3) is 1.00. The van der Waals surface area contributed by atoms with Gasteiger partial charge in [0.1, 0.15) is 0 Å². The third-order valence-corrected chi connectivity index (χ3v) is 8.53. The number of unbranched alkanes of at least 4 members (excludes halogenated alkanes) is 1. The molecule has 8 heavy (non-hydrogen) atoms. The maximum absolute atomic E-state index is 2.44. The van der Waals surface area contributed by atoms with Gasteiger partial charge >= 0.3 is 64.0 Å². The first kappa shape index (κ1) is 8.95. The third-order valence-electron chi connectivity index (χ3n) is 0.849. The van der Waals surface area contributed by atoms with Crippen molar-refractivity contribution in [3.05, 3.63) is 0 Å². The van der Waals surface area contributed by atoms with E-state index in [-0.39, 0.29) is 6.29 Å². The van der Waals surface area contributed by atoms with Gasteiger partial charge in [0, 0.05) is 0 Å². The van der Waals surface area contributed by atoms with Crippen LogP contribution in [0.3, 0.4) is 0 Å². The quantitative estimate of drug-likeness (QED) is 0.198. The van der Waals surface area contributed by atoms with E-state index in [0.29, 0.717) is 20.4 Å². The maximum atomic E-state index is 2.44. The average molecular weight is 242 g/mol. The monoisotopic (exact) mass is 242 g/mol. The van der Waals surface area contributed by atoms with E-state index in [1.807, 2.05) is 0 Å². The average Bonchev–Trinajstić information content (AvgIpc) is 1.66. The Kier molecular flexibility index (Phi) is 6.79. The van der Waals surface area contributed by atoms with Crippen LogP contribution in [0.15, 0.2) is 0 Å². The molecule has 2 heteroatoms. The number of hydrogen-bond acceptors (Lipinski definition) is 0. The van der Waals surface area contributed by atoms with Crippen LogP contribution in [0.2, 0.25) is 13.1 Å². The molecule has 0 heterocycles. The van der Waals surface area contributed by atoms with E-state index in [4.69, 9.17) is 0 Å².